The van der Waals surface area contributed by atoms with Gasteiger partial charge in [-0.25, -0.2) is 0 Å². The Morgan fingerprint density at radius 1 is 1.15 bits per heavy atom. The lowest BCUT2D eigenvalue weighted by atomic mass is 9.70. The van der Waals surface area contributed by atoms with E-state index < -0.39 is 0 Å². The Bertz CT molecular complexity index is 295. The van der Waals surface area contributed by atoms with Crippen molar-refractivity contribution < 1.29 is 5.11 Å². The third-order valence-electron chi connectivity index (χ3n) is 5.16. The number of hydrogen-bond donors (Lipinski definition) is 2. The van der Waals surface area contributed by atoms with Crippen LogP contribution in [-0.4, -0.2) is 66.8 Å². The Hall–Kier alpha value is -0.160. The van der Waals surface area contributed by atoms with Gasteiger partial charge in [0.1, 0.15) is 0 Å². The van der Waals surface area contributed by atoms with Crippen molar-refractivity contribution in [1.82, 2.24) is 9.80 Å². The molecular weight excluding hydrogens is 250 g/mol. The van der Waals surface area contributed by atoms with E-state index in [0.29, 0.717) is 17.4 Å². The normalized spacial score (nSPS) is 33.0. The molecule has 4 nitrogen and oxygen atoms in total. The van der Waals surface area contributed by atoms with Crippen LogP contribution >= 0.6 is 0 Å². The van der Waals surface area contributed by atoms with Gasteiger partial charge >= 0.3 is 0 Å². The van der Waals surface area contributed by atoms with E-state index in [1.54, 1.807) is 0 Å². The SMILES string of the molecule is CC1(C)CCC(N)C(CN2CCCN(CCO)CC2)C1. The molecule has 0 amide bonds. The fraction of sp³-hybridized carbons (Fsp3) is 1.00. The molecule has 0 bridgehead atoms. The van der Waals surface area contributed by atoms with Crippen molar-refractivity contribution in [3.05, 3.63) is 0 Å². The largest absolute Gasteiger partial charge is 0.395 e. The predicted molar refractivity (Wildman–Crippen MR) is 83.7 cm³/mol. The molecule has 1 aliphatic carbocycles. The number of β-amino-alcohol motifs (C(OH)–C–C–N with tert-alkyl or cyclic N) is 1. The first kappa shape index (κ1) is 16.2. The van der Waals surface area contributed by atoms with Crippen molar-refractivity contribution in [2.45, 2.75) is 45.6 Å². The molecule has 118 valence electrons. The van der Waals surface area contributed by atoms with Gasteiger partial charge in [-0.3, -0.25) is 4.90 Å². The van der Waals surface area contributed by atoms with Crippen molar-refractivity contribution >= 4 is 0 Å². The summed E-state index contributed by atoms with van der Waals surface area (Å²) >= 11 is 0. The molecule has 2 aliphatic rings. The van der Waals surface area contributed by atoms with Crippen molar-refractivity contribution in [2.75, 3.05) is 45.9 Å². The van der Waals surface area contributed by atoms with E-state index in [0.717, 1.165) is 32.7 Å². The number of rotatable bonds is 4. The Balaban J connectivity index is 1.83. The highest BCUT2D eigenvalue weighted by atomic mass is 16.3. The molecule has 1 saturated carbocycles. The van der Waals surface area contributed by atoms with Crippen LogP contribution in [0.1, 0.15) is 39.5 Å². The summed E-state index contributed by atoms with van der Waals surface area (Å²) < 4.78 is 0. The zero-order valence-corrected chi connectivity index (χ0v) is 13.4. The summed E-state index contributed by atoms with van der Waals surface area (Å²) in [5, 5.41) is 9.06. The maximum Gasteiger partial charge on any atom is 0.0558 e. The van der Waals surface area contributed by atoms with Gasteiger partial charge in [0.05, 0.1) is 6.61 Å². The van der Waals surface area contributed by atoms with E-state index in [4.69, 9.17) is 10.8 Å². The summed E-state index contributed by atoms with van der Waals surface area (Å²) in [6.45, 7) is 11.6. The lowest BCUT2D eigenvalue weighted by Crippen LogP contribution is -2.45. The summed E-state index contributed by atoms with van der Waals surface area (Å²) in [6.07, 6.45) is 4.94. The van der Waals surface area contributed by atoms with Crippen LogP contribution in [-0.2, 0) is 0 Å². The highest BCUT2D eigenvalue weighted by Gasteiger charge is 2.34. The number of nitrogens with zero attached hydrogens (tertiary/aromatic N) is 2. The number of hydrogen-bond acceptors (Lipinski definition) is 4. The van der Waals surface area contributed by atoms with E-state index in [9.17, 15) is 0 Å². The van der Waals surface area contributed by atoms with Gasteiger partial charge in [-0.15, -0.1) is 0 Å². The minimum absolute atomic E-state index is 0.279. The standard InChI is InChI=1S/C16H33N3O/c1-16(2)5-4-15(17)14(12-16)13-19-7-3-6-18(8-9-19)10-11-20/h14-15,20H,3-13,17H2,1-2H3. The Morgan fingerprint density at radius 2 is 1.85 bits per heavy atom. The monoisotopic (exact) mass is 283 g/mol. The van der Waals surface area contributed by atoms with Crippen molar-refractivity contribution in [3.8, 4) is 0 Å². The van der Waals surface area contributed by atoms with Gasteiger partial charge in [-0.2, -0.15) is 0 Å². The molecule has 0 spiro atoms. The lowest BCUT2D eigenvalue weighted by Gasteiger charge is -2.41. The van der Waals surface area contributed by atoms with E-state index in [1.165, 1.54) is 32.2 Å². The Morgan fingerprint density at radius 3 is 2.60 bits per heavy atom. The van der Waals surface area contributed by atoms with Crippen molar-refractivity contribution in [2.24, 2.45) is 17.1 Å². The van der Waals surface area contributed by atoms with Gasteiger partial charge in [0.2, 0.25) is 0 Å². The van der Waals surface area contributed by atoms with Gasteiger partial charge in [0, 0.05) is 32.2 Å². The molecular formula is C16H33N3O. The van der Waals surface area contributed by atoms with E-state index in [2.05, 4.69) is 23.6 Å². The van der Waals surface area contributed by atoms with Gasteiger partial charge in [-0.1, -0.05) is 13.8 Å². The topological polar surface area (TPSA) is 52.7 Å². The Kier molecular flexibility index (Phi) is 5.84. The smallest absolute Gasteiger partial charge is 0.0558 e. The first-order valence-electron chi connectivity index (χ1n) is 8.31. The zero-order chi connectivity index (χ0) is 14.6. The molecule has 0 aromatic heterocycles. The van der Waals surface area contributed by atoms with Crippen LogP contribution in [0, 0.1) is 11.3 Å². The highest BCUT2D eigenvalue weighted by Crippen LogP contribution is 2.38. The van der Waals surface area contributed by atoms with Crippen LogP contribution in [0.3, 0.4) is 0 Å². The van der Waals surface area contributed by atoms with Crippen LogP contribution in [0.25, 0.3) is 0 Å². The lowest BCUT2D eigenvalue weighted by molar-refractivity contribution is 0.115. The van der Waals surface area contributed by atoms with Crippen LogP contribution in [0.15, 0.2) is 0 Å². The maximum absolute atomic E-state index is 9.06. The summed E-state index contributed by atoms with van der Waals surface area (Å²) in [6, 6.07) is 0.389. The minimum Gasteiger partial charge on any atom is -0.395 e. The fourth-order valence-corrected chi connectivity index (χ4v) is 3.86. The van der Waals surface area contributed by atoms with Crippen molar-refractivity contribution in [1.29, 1.82) is 0 Å². The molecule has 0 aromatic rings. The number of nitrogens with two attached hydrogens (primary N) is 1. The molecule has 2 fully saturated rings. The summed E-state index contributed by atoms with van der Waals surface area (Å²) in [5.41, 5.74) is 6.83. The first-order valence-corrected chi connectivity index (χ1v) is 8.31. The number of aliphatic hydroxyl groups is 1. The average molecular weight is 283 g/mol. The molecule has 2 unspecified atom stereocenters. The van der Waals surface area contributed by atoms with E-state index in [-0.39, 0.29) is 6.61 Å². The predicted octanol–water partition coefficient (Wildman–Crippen LogP) is 1.14. The molecule has 0 aromatic carbocycles. The highest BCUT2D eigenvalue weighted by molar-refractivity contribution is 4.89. The van der Waals surface area contributed by atoms with Gasteiger partial charge in [0.15, 0.2) is 0 Å². The van der Waals surface area contributed by atoms with Gasteiger partial charge in [0.25, 0.3) is 0 Å². The third kappa shape index (κ3) is 4.69. The quantitative estimate of drug-likeness (QED) is 0.812. The second-order valence-corrected chi connectivity index (χ2v) is 7.55. The van der Waals surface area contributed by atoms with Gasteiger partial charge < -0.3 is 15.7 Å². The molecule has 20 heavy (non-hydrogen) atoms. The minimum atomic E-state index is 0.279. The summed E-state index contributed by atoms with van der Waals surface area (Å²) in [7, 11) is 0. The van der Waals surface area contributed by atoms with Crippen molar-refractivity contribution in [3.63, 3.8) is 0 Å². The molecule has 1 saturated heterocycles. The third-order valence-corrected chi connectivity index (χ3v) is 5.16. The zero-order valence-electron chi connectivity index (χ0n) is 13.4. The van der Waals surface area contributed by atoms with Crippen LogP contribution in [0.4, 0.5) is 0 Å². The summed E-state index contributed by atoms with van der Waals surface area (Å²) in [4.78, 5) is 4.98. The second-order valence-electron chi connectivity index (χ2n) is 7.55. The molecule has 2 rings (SSSR count). The average Bonchev–Trinajstić information content (AvgIpc) is 2.60. The van der Waals surface area contributed by atoms with Crippen LogP contribution in [0.5, 0.6) is 0 Å². The molecule has 1 heterocycles. The maximum atomic E-state index is 9.06. The molecule has 2 atom stereocenters. The van der Waals surface area contributed by atoms with E-state index in [1.807, 2.05) is 0 Å². The Labute approximate surface area is 124 Å². The second kappa shape index (κ2) is 7.21. The molecule has 0 radical (unpaired) electrons. The molecule has 1 aliphatic heterocycles. The summed E-state index contributed by atoms with van der Waals surface area (Å²) in [5.74, 6) is 0.656. The molecule has 3 N–H and O–H groups in total. The molecule has 4 heteroatoms. The fourth-order valence-electron chi connectivity index (χ4n) is 3.86. The van der Waals surface area contributed by atoms with Gasteiger partial charge in [-0.05, 0) is 50.1 Å². The van der Waals surface area contributed by atoms with Crippen LogP contribution < -0.4 is 5.73 Å². The van der Waals surface area contributed by atoms with Crippen LogP contribution in [0.2, 0.25) is 0 Å². The first-order chi connectivity index (χ1) is 9.50. The number of aliphatic hydroxyl groups excluding tert-OH is 1. The van der Waals surface area contributed by atoms with E-state index >= 15 is 0 Å².